The van der Waals surface area contributed by atoms with Gasteiger partial charge in [-0.15, -0.1) is 0 Å². The first kappa shape index (κ1) is 20.4. The van der Waals surface area contributed by atoms with Crippen LogP contribution in [0.5, 0.6) is 0 Å². The molecule has 0 aliphatic heterocycles. The number of nitrogens with one attached hydrogen (secondary N) is 1. The van der Waals surface area contributed by atoms with E-state index in [4.69, 9.17) is 16.7 Å². The van der Waals surface area contributed by atoms with Crippen LogP contribution in [0.2, 0.25) is 5.02 Å². The van der Waals surface area contributed by atoms with E-state index in [0.717, 1.165) is 31.2 Å². The second kappa shape index (κ2) is 9.24. The van der Waals surface area contributed by atoms with E-state index in [1.54, 1.807) is 12.1 Å². The summed E-state index contributed by atoms with van der Waals surface area (Å²) in [5.41, 5.74) is 1.83. The molecule has 1 fully saturated rings. The lowest BCUT2D eigenvalue weighted by molar-refractivity contribution is -0.121. The number of carboxylic acid groups (broad SMARTS) is 1. The smallest absolute Gasteiger partial charge is 0.335 e. The van der Waals surface area contributed by atoms with Crippen molar-refractivity contribution in [1.82, 2.24) is 0 Å². The van der Waals surface area contributed by atoms with Crippen LogP contribution in [0.15, 0.2) is 48.5 Å². The third-order valence-electron chi connectivity index (χ3n) is 5.67. The number of anilines is 1. The normalized spacial score (nSPS) is 21.9. The molecule has 1 aliphatic rings. The predicted molar refractivity (Wildman–Crippen MR) is 112 cm³/mol. The quantitative estimate of drug-likeness (QED) is 0.628. The highest BCUT2D eigenvalue weighted by Crippen LogP contribution is 2.43. The van der Waals surface area contributed by atoms with Crippen molar-refractivity contribution in [2.45, 2.75) is 44.9 Å². The molecule has 3 atom stereocenters. The minimum Gasteiger partial charge on any atom is -0.478 e. The highest BCUT2D eigenvalue weighted by atomic mass is 35.5. The lowest BCUT2D eigenvalue weighted by Crippen LogP contribution is -2.33. The molecule has 3 rings (SSSR count). The van der Waals surface area contributed by atoms with Gasteiger partial charge in [0.05, 0.1) is 5.56 Å². The molecule has 0 saturated heterocycles. The fourth-order valence-electron chi connectivity index (χ4n) is 4.29. The Kier molecular flexibility index (Phi) is 6.74. The summed E-state index contributed by atoms with van der Waals surface area (Å²) in [6, 6.07) is 14.2. The van der Waals surface area contributed by atoms with Crippen molar-refractivity contribution in [2.75, 3.05) is 5.32 Å². The maximum Gasteiger partial charge on any atom is 0.335 e. The Bertz CT molecular complexity index is 834. The van der Waals surface area contributed by atoms with Gasteiger partial charge in [-0.25, -0.2) is 4.79 Å². The van der Waals surface area contributed by atoms with Crippen molar-refractivity contribution in [2.24, 2.45) is 11.8 Å². The monoisotopic (exact) mass is 399 g/mol. The Morgan fingerprint density at radius 2 is 1.89 bits per heavy atom. The largest absolute Gasteiger partial charge is 0.478 e. The van der Waals surface area contributed by atoms with Crippen LogP contribution in [0.4, 0.5) is 5.69 Å². The molecule has 28 heavy (non-hydrogen) atoms. The number of hydrogen-bond acceptors (Lipinski definition) is 2. The minimum atomic E-state index is -1.00. The van der Waals surface area contributed by atoms with Crippen LogP contribution in [-0.2, 0) is 4.79 Å². The molecule has 0 radical (unpaired) electrons. The Morgan fingerprint density at radius 1 is 1.14 bits per heavy atom. The van der Waals surface area contributed by atoms with Gasteiger partial charge in [-0.1, -0.05) is 49.6 Å². The average molecular weight is 400 g/mol. The molecule has 0 bridgehead atoms. The van der Waals surface area contributed by atoms with Gasteiger partial charge in [0.2, 0.25) is 5.91 Å². The maximum absolute atomic E-state index is 13.1. The number of carbonyl (C=O) groups excluding carboxylic acids is 1. The van der Waals surface area contributed by atoms with E-state index in [9.17, 15) is 9.59 Å². The van der Waals surface area contributed by atoms with E-state index in [0.29, 0.717) is 16.6 Å². The van der Waals surface area contributed by atoms with Crippen molar-refractivity contribution < 1.29 is 14.7 Å². The van der Waals surface area contributed by atoms with Crippen molar-refractivity contribution >= 4 is 29.2 Å². The highest BCUT2D eigenvalue weighted by molar-refractivity contribution is 6.30. The topological polar surface area (TPSA) is 66.4 Å². The van der Waals surface area contributed by atoms with Gasteiger partial charge in [0.1, 0.15) is 0 Å². The third kappa shape index (κ3) is 4.93. The van der Waals surface area contributed by atoms with E-state index in [1.807, 2.05) is 24.3 Å². The van der Waals surface area contributed by atoms with E-state index < -0.39 is 5.97 Å². The Balaban J connectivity index is 1.80. The summed E-state index contributed by atoms with van der Waals surface area (Å²) in [6.45, 7) is 2.20. The summed E-state index contributed by atoms with van der Waals surface area (Å²) >= 11 is 6.05. The van der Waals surface area contributed by atoms with Gasteiger partial charge < -0.3 is 10.4 Å². The van der Waals surface area contributed by atoms with Gasteiger partial charge in [0.25, 0.3) is 0 Å². The lowest BCUT2D eigenvalue weighted by atomic mass is 9.69. The number of amides is 1. The Morgan fingerprint density at radius 3 is 2.57 bits per heavy atom. The van der Waals surface area contributed by atoms with Gasteiger partial charge >= 0.3 is 5.97 Å². The lowest BCUT2D eigenvalue weighted by Gasteiger charge is -2.36. The molecule has 1 saturated carbocycles. The van der Waals surface area contributed by atoms with E-state index >= 15 is 0 Å². The highest BCUT2D eigenvalue weighted by Gasteiger charge is 2.35. The number of benzene rings is 2. The third-order valence-corrected chi connectivity index (χ3v) is 5.92. The van der Waals surface area contributed by atoms with Gasteiger partial charge in [-0.05, 0) is 67.0 Å². The molecule has 148 valence electrons. The molecular formula is C23H26ClNO3. The molecule has 0 spiro atoms. The maximum atomic E-state index is 13.1. The first-order chi connectivity index (χ1) is 13.5. The number of carbonyl (C=O) groups is 2. The Labute approximate surface area is 170 Å². The number of carboxylic acids is 1. The zero-order valence-electron chi connectivity index (χ0n) is 16.0. The van der Waals surface area contributed by atoms with E-state index in [2.05, 4.69) is 12.2 Å². The molecule has 1 unspecified atom stereocenters. The Hall–Kier alpha value is -2.33. The summed E-state index contributed by atoms with van der Waals surface area (Å²) in [7, 11) is 0. The number of halogens is 1. The SMILES string of the molecule is CCCC1CC[C@H](C(=O)Nc2cccc(C(=O)O)c2)[C@@H](c2ccc(Cl)cc2)C1. The molecule has 5 heteroatoms. The first-order valence-electron chi connectivity index (χ1n) is 9.87. The molecule has 1 aliphatic carbocycles. The summed E-state index contributed by atoms with van der Waals surface area (Å²) in [5, 5.41) is 12.8. The fourth-order valence-corrected chi connectivity index (χ4v) is 4.41. The molecule has 0 aromatic heterocycles. The summed E-state index contributed by atoms with van der Waals surface area (Å²) < 4.78 is 0. The van der Waals surface area contributed by atoms with Crippen molar-refractivity contribution in [3.8, 4) is 0 Å². The van der Waals surface area contributed by atoms with Crippen molar-refractivity contribution in [3.05, 3.63) is 64.7 Å². The van der Waals surface area contributed by atoms with Crippen molar-refractivity contribution in [1.29, 1.82) is 0 Å². The number of rotatable bonds is 6. The molecular weight excluding hydrogens is 374 g/mol. The molecule has 4 nitrogen and oxygen atoms in total. The fraction of sp³-hybridized carbons (Fsp3) is 0.391. The zero-order valence-corrected chi connectivity index (χ0v) is 16.8. The molecule has 0 heterocycles. The second-order valence-electron chi connectivity index (χ2n) is 7.61. The standard InChI is InChI=1S/C23H26ClNO3/c1-2-4-15-7-12-20(21(13-15)16-8-10-18(24)11-9-16)22(26)25-19-6-3-5-17(14-19)23(27)28/h3,5-6,8-11,14-15,20-21H,2,4,7,12-13H2,1H3,(H,25,26)(H,27,28)/t15?,20-,21+/m0/s1. The molecule has 1 amide bonds. The zero-order chi connectivity index (χ0) is 20.1. The average Bonchev–Trinajstić information content (AvgIpc) is 2.69. The van der Waals surface area contributed by atoms with Gasteiger partial charge in [0, 0.05) is 16.6 Å². The van der Waals surface area contributed by atoms with Crippen LogP contribution >= 0.6 is 11.6 Å². The first-order valence-corrected chi connectivity index (χ1v) is 10.3. The molecule has 2 aromatic carbocycles. The van der Waals surface area contributed by atoms with Crippen LogP contribution in [-0.4, -0.2) is 17.0 Å². The number of hydrogen-bond donors (Lipinski definition) is 2. The van der Waals surface area contributed by atoms with Crippen LogP contribution in [0, 0.1) is 11.8 Å². The van der Waals surface area contributed by atoms with E-state index in [1.165, 1.54) is 18.6 Å². The number of aromatic carboxylic acids is 1. The summed E-state index contributed by atoms with van der Waals surface area (Å²) in [6.07, 6.45) is 5.20. The van der Waals surface area contributed by atoms with Crippen molar-refractivity contribution in [3.63, 3.8) is 0 Å². The predicted octanol–water partition coefficient (Wildman–Crippen LogP) is 5.98. The summed E-state index contributed by atoms with van der Waals surface area (Å²) in [4.78, 5) is 24.3. The van der Waals surface area contributed by atoms with Crippen LogP contribution < -0.4 is 5.32 Å². The van der Waals surface area contributed by atoms with E-state index in [-0.39, 0.29) is 23.3 Å². The second-order valence-corrected chi connectivity index (χ2v) is 8.04. The van der Waals surface area contributed by atoms with Gasteiger partial charge in [-0.2, -0.15) is 0 Å². The van der Waals surface area contributed by atoms with Crippen LogP contribution in [0.25, 0.3) is 0 Å². The van der Waals surface area contributed by atoms with Crippen LogP contribution in [0.1, 0.15) is 60.9 Å². The molecule has 2 aromatic rings. The van der Waals surface area contributed by atoms with Gasteiger partial charge in [-0.3, -0.25) is 4.79 Å². The van der Waals surface area contributed by atoms with Crippen LogP contribution in [0.3, 0.4) is 0 Å². The minimum absolute atomic E-state index is 0.0440. The van der Waals surface area contributed by atoms with Gasteiger partial charge in [0.15, 0.2) is 0 Å². The molecule has 2 N–H and O–H groups in total. The summed E-state index contributed by atoms with van der Waals surface area (Å²) in [5.74, 6) is -0.411.